The molecule has 6 heteroatoms. The monoisotopic (exact) mass is 298 g/mol. The highest BCUT2D eigenvalue weighted by Gasteiger charge is 2.50. The van der Waals surface area contributed by atoms with Gasteiger partial charge in [0.05, 0.1) is 11.1 Å². The molecule has 1 N–H and O–H groups in total. The van der Waals surface area contributed by atoms with Crippen LogP contribution in [0.4, 0.5) is 4.39 Å². The van der Waals surface area contributed by atoms with Crippen molar-refractivity contribution in [3.8, 4) is 11.6 Å². The molecular weight excluding hydrogens is 283 g/mol. The fraction of sp³-hybridized carbons (Fsp3) is 0.312. The van der Waals surface area contributed by atoms with E-state index in [-0.39, 0.29) is 5.41 Å². The van der Waals surface area contributed by atoms with Crippen molar-refractivity contribution in [2.24, 2.45) is 0 Å². The molecule has 4 rings (SSSR count). The molecule has 2 heterocycles. The summed E-state index contributed by atoms with van der Waals surface area (Å²) in [5.74, 6) is 1.01. The highest BCUT2D eigenvalue weighted by molar-refractivity contribution is 5.49. The van der Waals surface area contributed by atoms with Gasteiger partial charge in [-0.15, -0.1) is 0 Å². The summed E-state index contributed by atoms with van der Waals surface area (Å²) in [6, 6.07) is 9.86. The Morgan fingerprint density at radius 2 is 2.14 bits per heavy atom. The first kappa shape index (κ1) is 13.2. The van der Waals surface area contributed by atoms with E-state index in [1.165, 1.54) is 11.1 Å². The Labute approximate surface area is 126 Å². The number of aromatic amines is 1. The molecular formula is C16H15FN4O. The lowest BCUT2D eigenvalue weighted by Crippen LogP contribution is -2.12. The number of hydrogen-bond donors (Lipinski definition) is 1. The van der Waals surface area contributed by atoms with Crippen LogP contribution in [0, 0.1) is 6.92 Å². The maximum atomic E-state index is 12.6. The van der Waals surface area contributed by atoms with Crippen LogP contribution in [0.1, 0.15) is 35.5 Å². The van der Waals surface area contributed by atoms with Crippen molar-refractivity contribution in [2.45, 2.75) is 31.9 Å². The zero-order valence-electron chi connectivity index (χ0n) is 12.1. The Hall–Kier alpha value is -2.50. The molecule has 0 amide bonds. The van der Waals surface area contributed by atoms with Gasteiger partial charge in [0.15, 0.2) is 11.5 Å². The van der Waals surface area contributed by atoms with Crippen LogP contribution in [0.3, 0.4) is 0 Å². The summed E-state index contributed by atoms with van der Waals surface area (Å²) < 4.78 is 17.9. The summed E-state index contributed by atoms with van der Waals surface area (Å²) in [5, 5.41) is 10.8. The van der Waals surface area contributed by atoms with E-state index >= 15 is 0 Å². The molecule has 112 valence electrons. The molecule has 0 unspecified atom stereocenters. The number of aryl methyl sites for hydroxylation is 1. The molecule has 22 heavy (non-hydrogen) atoms. The van der Waals surface area contributed by atoms with Crippen LogP contribution in [-0.2, 0) is 12.1 Å². The summed E-state index contributed by atoms with van der Waals surface area (Å²) in [6.45, 7) is 1.50. The molecule has 0 radical (unpaired) electrons. The van der Waals surface area contributed by atoms with Crippen LogP contribution < -0.4 is 0 Å². The van der Waals surface area contributed by atoms with Crippen molar-refractivity contribution in [3.05, 3.63) is 53.0 Å². The van der Waals surface area contributed by atoms with Crippen molar-refractivity contribution in [3.63, 3.8) is 0 Å². The summed E-state index contributed by atoms with van der Waals surface area (Å²) in [4.78, 5) is 4.50. The van der Waals surface area contributed by atoms with Gasteiger partial charge in [0.1, 0.15) is 6.67 Å². The smallest absolute Gasteiger partial charge is 0.278 e. The van der Waals surface area contributed by atoms with Gasteiger partial charge >= 0.3 is 0 Å². The van der Waals surface area contributed by atoms with Crippen LogP contribution in [0.15, 0.2) is 34.9 Å². The van der Waals surface area contributed by atoms with E-state index in [1.54, 1.807) is 6.07 Å². The van der Waals surface area contributed by atoms with Crippen LogP contribution >= 0.6 is 0 Å². The second-order valence-corrected chi connectivity index (χ2v) is 5.73. The van der Waals surface area contributed by atoms with Crippen LogP contribution in [-0.4, -0.2) is 20.3 Å². The minimum Gasteiger partial charge on any atom is -0.332 e. The van der Waals surface area contributed by atoms with Gasteiger partial charge < -0.3 is 4.52 Å². The van der Waals surface area contributed by atoms with Gasteiger partial charge in [0, 0.05) is 0 Å². The van der Waals surface area contributed by atoms with Gasteiger partial charge in [0.25, 0.3) is 5.89 Å². The van der Waals surface area contributed by atoms with E-state index in [4.69, 9.17) is 4.52 Å². The van der Waals surface area contributed by atoms with Crippen molar-refractivity contribution < 1.29 is 8.91 Å². The maximum Gasteiger partial charge on any atom is 0.278 e. The van der Waals surface area contributed by atoms with Gasteiger partial charge in [0.2, 0.25) is 0 Å². The normalized spacial score (nSPS) is 15.9. The fourth-order valence-corrected chi connectivity index (χ4v) is 2.91. The van der Waals surface area contributed by atoms with E-state index in [0.29, 0.717) is 23.1 Å². The highest BCUT2D eigenvalue weighted by atomic mass is 19.1. The molecule has 1 fully saturated rings. The zero-order valence-corrected chi connectivity index (χ0v) is 12.1. The first-order chi connectivity index (χ1) is 10.7. The first-order valence-electron chi connectivity index (χ1n) is 7.24. The molecule has 0 saturated heterocycles. The Bertz CT molecular complexity index is 819. The van der Waals surface area contributed by atoms with Gasteiger partial charge in [-0.2, -0.15) is 10.1 Å². The largest absolute Gasteiger partial charge is 0.332 e. The van der Waals surface area contributed by atoms with Crippen molar-refractivity contribution >= 4 is 0 Å². The minimum atomic E-state index is -0.596. The average molecular weight is 298 g/mol. The number of hydrogen-bond acceptors (Lipinski definition) is 4. The molecule has 0 spiro atoms. The van der Waals surface area contributed by atoms with Crippen LogP contribution in [0.5, 0.6) is 0 Å². The predicted molar refractivity (Wildman–Crippen MR) is 77.9 cm³/mol. The van der Waals surface area contributed by atoms with Gasteiger partial charge in [-0.25, -0.2) is 4.39 Å². The molecule has 0 bridgehead atoms. The number of alkyl halides is 1. The second kappa shape index (κ2) is 4.76. The minimum absolute atomic E-state index is 0.147. The second-order valence-electron chi connectivity index (χ2n) is 5.73. The van der Waals surface area contributed by atoms with Crippen molar-refractivity contribution in [1.82, 2.24) is 20.3 Å². The zero-order chi connectivity index (χ0) is 15.2. The average Bonchev–Trinajstić information content (AvgIpc) is 3.00. The number of nitrogens with one attached hydrogen (secondary N) is 1. The van der Waals surface area contributed by atoms with E-state index < -0.39 is 6.67 Å². The van der Waals surface area contributed by atoms with E-state index in [2.05, 4.69) is 39.4 Å². The number of rotatable bonds is 4. The highest BCUT2D eigenvalue weighted by Crippen LogP contribution is 2.53. The SMILES string of the molecule is Cc1ccccc1C1(c2noc(-c3cc(CF)[nH]n3)n2)CC1. The fourth-order valence-electron chi connectivity index (χ4n) is 2.91. The molecule has 0 atom stereocenters. The lowest BCUT2D eigenvalue weighted by Gasteiger charge is -2.13. The number of aromatic nitrogens is 4. The molecule has 3 aromatic rings. The van der Waals surface area contributed by atoms with Crippen LogP contribution in [0.25, 0.3) is 11.6 Å². The maximum absolute atomic E-state index is 12.6. The quantitative estimate of drug-likeness (QED) is 0.802. The molecule has 1 aliphatic rings. The third-order valence-electron chi connectivity index (χ3n) is 4.26. The topological polar surface area (TPSA) is 67.6 Å². The van der Waals surface area contributed by atoms with Crippen molar-refractivity contribution in [2.75, 3.05) is 0 Å². The number of nitrogens with zero attached hydrogens (tertiary/aromatic N) is 3. The van der Waals surface area contributed by atoms with Gasteiger partial charge in [-0.05, 0) is 37.0 Å². The third-order valence-corrected chi connectivity index (χ3v) is 4.26. The Morgan fingerprint density at radius 1 is 1.32 bits per heavy atom. The number of benzene rings is 1. The summed E-state index contributed by atoms with van der Waals surface area (Å²) in [6.07, 6.45) is 2.01. The van der Waals surface area contributed by atoms with Gasteiger partial charge in [-0.1, -0.05) is 29.4 Å². The summed E-state index contributed by atoms with van der Waals surface area (Å²) in [7, 11) is 0. The molecule has 5 nitrogen and oxygen atoms in total. The molecule has 1 aromatic carbocycles. The van der Waals surface area contributed by atoms with Crippen molar-refractivity contribution in [1.29, 1.82) is 0 Å². The number of halogens is 1. The number of H-pyrrole nitrogens is 1. The van der Waals surface area contributed by atoms with E-state index in [0.717, 1.165) is 12.8 Å². The summed E-state index contributed by atoms with van der Waals surface area (Å²) in [5.41, 5.74) is 3.20. The van der Waals surface area contributed by atoms with Crippen LogP contribution in [0.2, 0.25) is 0 Å². The molecule has 1 aliphatic carbocycles. The summed E-state index contributed by atoms with van der Waals surface area (Å²) >= 11 is 0. The third kappa shape index (κ3) is 1.94. The molecule has 1 saturated carbocycles. The van der Waals surface area contributed by atoms with Gasteiger partial charge in [-0.3, -0.25) is 5.10 Å². The predicted octanol–water partition coefficient (Wildman–Crippen LogP) is 3.32. The first-order valence-corrected chi connectivity index (χ1v) is 7.24. The standard InChI is InChI=1S/C16H15FN4O/c1-10-4-2-3-5-12(10)16(6-7-16)15-18-14(22-21-15)13-8-11(9-17)19-20-13/h2-5,8H,6-7,9H2,1H3,(H,19,20). The Kier molecular flexibility index (Phi) is 2.85. The molecule has 0 aliphatic heterocycles. The van der Waals surface area contributed by atoms with E-state index in [1.807, 2.05) is 12.1 Å². The Morgan fingerprint density at radius 3 is 2.82 bits per heavy atom. The van der Waals surface area contributed by atoms with E-state index in [9.17, 15) is 4.39 Å². The molecule has 2 aromatic heterocycles. The Balaban J connectivity index is 1.71. The lowest BCUT2D eigenvalue weighted by atomic mass is 9.91. The lowest BCUT2D eigenvalue weighted by molar-refractivity contribution is 0.416.